The molecule has 0 aliphatic heterocycles. The highest BCUT2D eigenvalue weighted by Gasteiger charge is 1.98. The lowest BCUT2D eigenvalue weighted by molar-refractivity contribution is 0.628. The number of thiocarbonyl (C=S) groups is 1. The molecule has 76 valence electrons. The van der Waals surface area contributed by atoms with E-state index >= 15 is 0 Å². The van der Waals surface area contributed by atoms with Gasteiger partial charge in [0.15, 0.2) is 0 Å². The lowest BCUT2D eigenvalue weighted by Crippen LogP contribution is -2.05. The zero-order valence-corrected chi connectivity index (χ0v) is 9.55. The van der Waals surface area contributed by atoms with Crippen molar-refractivity contribution in [2.75, 3.05) is 11.1 Å². The smallest absolute Gasteiger partial charge is 0.138 e. The summed E-state index contributed by atoms with van der Waals surface area (Å²) < 4.78 is 13.5. The van der Waals surface area contributed by atoms with Crippen molar-refractivity contribution in [1.82, 2.24) is 0 Å². The average Bonchev–Trinajstić information content (AvgIpc) is 2.15. The predicted molar refractivity (Wildman–Crippen MR) is 65.4 cm³/mol. The monoisotopic (exact) mass is 229 g/mol. The van der Waals surface area contributed by atoms with Crippen molar-refractivity contribution in [1.29, 1.82) is 0 Å². The molecule has 1 N–H and O–H groups in total. The second-order valence-electron chi connectivity index (χ2n) is 2.77. The van der Waals surface area contributed by atoms with Crippen LogP contribution in [0.25, 0.3) is 0 Å². The first-order valence-corrected chi connectivity index (χ1v) is 5.81. The van der Waals surface area contributed by atoms with E-state index in [1.165, 1.54) is 12.1 Å². The molecule has 0 atom stereocenters. The Kier molecular flexibility index (Phi) is 4.90. The minimum absolute atomic E-state index is 0.252. The van der Waals surface area contributed by atoms with Crippen LogP contribution in [0.1, 0.15) is 13.3 Å². The molecule has 1 nitrogen and oxygen atoms in total. The Bertz CT molecular complexity index is 315. The van der Waals surface area contributed by atoms with E-state index in [-0.39, 0.29) is 5.82 Å². The van der Waals surface area contributed by atoms with Gasteiger partial charge >= 0.3 is 0 Å². The number of halogens is 1. The molecule has 0 saturated heterocycles. The van der Waals surface area contributed by atoms with Crippen LogP contribution in [0.15, 0.2) is 24.3 Å². The van der Waals surface area contributed by atoms with Gasteiger partial charge in [-0.15, -0.1) is 0 Å². The fraction of sp³-hybridized carbons (Fsp3) is 0.300. The third-order valence-corrected chi connectivity index (χ3v) is 2.94. The number of rotatable bonds is 3. The van der Waals surface area contributed by atoms with E-state index in [9.17, 15) is 4.39 Å². The molecule has 0 bridgehead atoms. The van der Waals surface area contributed by atoms with E-state index in [0.717, 1.165) is 12.2 Å². The normalized spacial score (nSPS) is 9.86. The van der Waals surface area contributed by atoms with Gasteiger partial charge in [-0.3, -0.25) is 0 Å². The molecule has 0 radical (unpaired) electrons. The van der Waals surface area contributed by atoms with Gasteiger partial charge in [-0.05, 0) is 30.4 Å². The van der Waals surface area contributed by atoms with Crippen molar-refractivity contribution >= 4 is 34.0 Å². The summed E-state index contributed by atoms with van der Waals surface area (Å²) in [6.07, 6.45) is 1.08. The van der Waals surface area contributed by atoms with Crippen LogP contribution >= 0.6 is 24.0 Å². The molecule has 0 amide bonds. The van der Waals surface area contributed by atoms with Gasteiger partial charge in [0.1, 0.15) is 10.1 Å². The maximum atomic E-state index is 12.8. The minimum Gasteiger partial charge on any atom is -0.341 e. The summed E-state index contributed by atoms with van der Waals surface area (Å²) in [4.78, 5) is 0. The van der Waals surface area contributed by atoms with Crippen molar-refractivity contribution < 1.29 is 4.39 Å². The second kappa shape index (κ2) is 5.98. The summed E-state index contributed by atoms with van der Waals surface area (Å²) in [6.45, 7) is 2.10. The molecule has 14 heavy (non-hydrogen) atoms. The molecule has 1 rings (SSSR count). The fourth-order valence-electron chi connectivity index (χ4n) is 0.915. The first kappa shape index (κ1) is 11.5. The van der Waals surface area contributed by atoms with E-state index in [0.29, 0.717) is 10.0 Å². The Morgan fingerprint density at radius 2 is 2.36 bits per heavy atom. The molecule has 0 aliphatic rings. The fourth-order valence-corrected chi connectivity index (χ4v) is 1.86. The molecule has 0 fully saturated rings. The summed E-state index contributed by atoms with van der Waals surface area (Å²) in [5.74, 6) is 0.736. The summed E-state index contributed by atoms with van der Waals surface area (Å²) in [5.41, 5.74) is 0.707. The van der Waals surface area contributed by atoms with Crippen molar-refractivity contribution in [3.05, 3.63) is 30.1 Å². The molecule has 0 heterocycles. The molecule has 0 spiro atoms. The number of thioether (sulfide) groups is 1. The summed E-state index contributed by atoms with van der Waals surface area (Å²) >= 11 is 6.65. The number of nitrogens with one attached hydrogen (secondary N) is 1. The number of hydrogen-bond donors (Lipinski definition) is 1. The van der Waals surface area contributed by atoms with E-state index < -0.39 is 0 Å². The summed E-state index contributed by atoms with van der Waals surface area (Å²) in [5, 5.41) is 2.97. The van der Waals surface area contributed by atoms with Crippen LogP contribution in [0.5, 0.6) is 0 Å². The molecular weight excluding hydrogens is 217 g/mol. The highest BCUT2D eigenvalue weighted by atomic mass is 32.2. The Hall–Kier alpha value is -0.610. The van der Waals surface area contributed by atoms with Gasteiger partial charge in [-0.1, -0.05) is 37.0 Å². The van der Waals surface area contributed by atoms with Crippen LogP contribution in [0, 0.1) is 5.82 Å². The molecule has 4 heteroatoms. The van der Waals surface area contributed by atoms with Crippen LogP contribution < -0.4 is 5.32 Å². The van der Waals surface area contributed by atoms with Gasteiger partial charge in [-0.25, -0.2) is 4.39 Å². The average molecular weight is 229 g/mol. The van der Waals surface area contributed by atoms with E-state index in [1.807, 2.05) is 0 Å². The standard InChI is InChI=1S/C10H12FNS2/c1-2-6-14-10(13)12-9-5-3-4-8(11)7-9/h3-5,7H,2,6H2,1H3,(H,12,13). The molecule has 1 aromatic carbocycles. The van der Waals surface area contributed by atoms with Gasteiger partial charge < -0.3 is 5.32 Å². The van der Waals surface area contributed by atoms with E-state index in [2.05, 4.69) is 12.2 Å². The molecule has 0 unspecified atom stereocenters. The van der Waals surface area contributed by atoms with Gasteiger partial charge in [0, 0.05) is 5.69 Å². The van der Waals surface area contributed by atoms with Gasteiger partial charge in [-0.2, -0.15) is 0 Å². The number of benzene rings is 1. The molecule has 0 aliphatic carbocycles. The number of anilines is 1. The third kappa shape index (κ3) is 4.07. The Balaban J connectivity index is 2.47. The van der Waals surface area contributed by atoms with Crippen molar-refractivity contribution in [3.63, 3.8) is 0 Å². The third-order valence-electron chi connectivity index (χ3n) is 1.51. The first-order valence-electron chi connectivity index (χ1n) is 4.41. The maximum absolute atomic E-state index is 12.8. The van der Waals surface area contributed by atoms with Crippen molar-refractivity contribution in [3.8, 4) is 0 Å². The lowest BCUT2D eigenvalue weighted by atomic mass is 10.3. The largest absolute Gasteiger partial charge is 0.341 e. The minimum atomic E-state index is -0.252. The Labute approximate surface area is 93.1 Å². The zero-order valence-electron chi connectivity index (χ0n) is 7.92. The molecular formula is C10H12FNS2. The molecule has 0 saturated carbocycles. The number of hydrogen-bond acceptors (Lipinski definition) is 2. The van der Waals surface area contributed by atoms with Gasteiger partial charge in [0.05, 0.1) is 0 Å². The van der Waals surface area contributed by atoms with Crippen LogP contribution in [0.2, 0.25) is 0 Å². The van der Waals surface area contributed by atoms with Crippen molar-refractivity contribution in [2.24, 2.45) is 0 Å². The van der Waals surface area contributed by atoms with Crippen LogP contribution in [0.4, 0.5) is 10.1 Å². The van der Waals surface area contributed by atoms with Gasteiger partial charge in [0.2, 0.25) is 0 Å². The van der Waals surface area contributed by atoms with E-state index in [4.69, 9.17) is 12.2 Å². The lowest BCUT2D eigenvalue weighted by Gasteiger charge is -2.06. The molecule has 1 aromatic rings. The summed E-state index contributed by atoms with van der Waals surface area (Å²) in [7, 11) is 0. The predicted octanol–water partition coefficient (Wildman–Crippen LogP) is 3.67. The quantitative estimate of drug-likeness (QED) is 0.794. The molecule has 0 aromatic heterocycles. The maximum Gasteiger partial charge on any atom is 0.138 e. The Morgan fingerprint density at radius 1 is 1.57 bits per heavy atom. The van der Waals surface area contributed by atoms with Crippen LogP contribution in [-0.2, 0) is 0 Å². The Morgan fingerprint density at radius 3 is 3.00 bits per heavy atom. The van der Waals surface area contributed by atoms with Crippen LogP contribution in [0.3, 0.4) is 0 Å². The SMILES string of the molecule is CCCSC(=S)Nc1cccc(F)c1. The first-order chi connectivity index (χ1) is 6.72. The van der Waals surface area contributed by atoms with E-state index in [1.54, 1.807) is 23.9 Å². The highest BCUT2D eigenvalue weighted by molar-refractivity contribution is 8.23. The second-order valence-corrected chi connectivity index (χ2v) is 4.54. The van der Waals surface area contributed by atoms with Gasteiger partial charge in [0.25, 0.3) is 0 Å². The highest BCUT2D eigenvalue weighted by Crippen LogP contribution is 2.13. The van der Waals surface area contributed by atoms with Crippen LogP contribution in [-0.4, -0.2) is 10.1 Å². The van der Waals surface area contributed by atoms with Crippen molar-refractivity contribution in [2.45, 2.75) is 13.3 Å². The zero-order chi connectivity index (χ0) is 10.4. The topological polar surface area (TPSA) is 12.0 Å². The summed E-state index contributed by atoms with van der Waals surface area (Å²) in [6, 6.07) is 6.29.